The molecule has 0 rings (SSSR count). The van der Waals surface area contributed by atoms with E-state index in [-0.39, 0.29) is 12.0 Å². The van der Waals surface area contributed by atoms with Crippen molar-refractivity contribution in [2.75, 3.05) is 13.7 Å². The van der Waals surface area contributed by atoms with Gasteiger partial charge >= 0.3 is 5.97 Å². The predicted octanol–water partition coefficient (Wildman–Crippen LogP) is 1.33. The Labute approximate surface area is 86.2 Å². The molecule has 0 aromatic carbocycles. The van der Waals surface area contributed by atoms with Crippen molar-refractivity contribution in [1.82, 2.24) is 5.32 Å². The first-order valence-corrected chi connectivity index (χ1v) is 5.00. The lowest BCUT2D eigenvalue weighted by atomic mass is 10.1. The van der Waals surface area contributed by atoms with Gasteiger partial charge in [0.1, 0.15) is 6.04 Å². The van der Waals surface area contributed by atoms with Gasteiger partial charge in [-0.2, -0.15) is 0 Å². The molecule has 0 aliphatic rings. The summed E-state index contributed by atoms with van der Waals surface area (Å²) in [5.41, 5.74) is 0. The molecule has 0 aromatic rings. The van der Waals surface area contributed by atoms with E-state index in [1.165, 1.54) is 7.11 Å². The van der Waals surface area contributed by atoms with Gasteiger partial charge in [0.25, 0.3) is 0 Å². The van der Waals surface area contributed by atoms with E-state index in [9.17, 15) is 4.79 Å². The van der Waals surface area contributed by atoms with Crippen molar-refractivity contribution in [3.63, 3.8) is 0 Å². The molecule has 0 bridgehead atoms. The first-order valence-electron chi connectivity index (χ1n) is 5.00. The van der Waals surface area contributed by atoms with Gasteiger partial charge < -0.3 is 4.74 Å². The topological polar surface area (TPSA) is 38.3 Å². The van der Waals surface area contributed by atoms with Crippen LogP contribution in [0.4, 0.5) is 0 Å². The molecule has 3 heteroatoms. The monoisotopic (exact) mass is 197 g/mol. The minimum Gasteiger partial charge on any atom is -0.468 e. The van der Waals surface area contributed by atoms with Crippen LogP contribution in [0.2, 0.25) is 0 Å². The molecule has 0 fully saturated rings. The van der Waals surface area contributed by atoms with Gasteiger partial charge in [0, 0.05) is 0 Å². The molecule has 0 spiro atoms. The highest BCUT2D eigenvalue weighted by molar-refractivity contribution is 5.75. The van der Waals surface area contributed by atoms with Gasteiger partial charge in [-0.05, 0) is 6.42 Å². The molecule has 14 heavy (non-hydrogen) atoms. The van der Waals surface area contributed by atoms with Crippen LogP contribution in [0.1, 0.15) is 32.6 Å². The van der Waals surface area contributed by atoms with Crippen molar-refractivity contribution in [1.29, 1.82) is 0 Å². The number of unbranched alkanes of at least 4 members (excludes halogenated alkanes) is 2. The van der Waals surface area contributed by atoms with Crippen LogP contribution in [-0.2, 0) is 9.53 Å². The molecule has 1 N–H and O–H groups in total. The van der Waals surface area contributed by atoms with Crippen LogP contribution in [0.15, 0.2) is 0 Å². The van der Waals surface area contributed by atoms with E-state index in [4.69, 9.17) is 6.42 Å². The molecule has 0 saturated carbocycles. The summed E-state index contributed by atoms with van der Waals surface area (Å²) in [7, 11) is 1.40. The first-order chi connectivity index (χ1) is 6.76. The van der Waals surface area contributed by atoms with Crippen LogP contribution in [0, 0.1) is 12.3 Å². The van der Waals surface area contributed by atoms with Gasteiger partial charge in [0.15, 0.2) is 0 Å². The Kier molecular flexibility index (Phi) is 7.96. The molecule has 3 nitrogen and oxygen atoms in total. The van der Waals surface area contributed by atoms with E-state index in [2.05, 4.69) is 22.9 Å². The van der Waals surface area contributed by atoms with Crippen LogP contribution in [-0.4, -0.2) is 25.7 Å². The predicted molar refractivity (Wildman–Crippen MR) is 56.8 cm³/mol. The second-order valence-corrected chi connectivity index (χ2v) is 3.16. The summed E-state index contributed by atoms with van der Waals surface area (Å²) in [5.74, 6) is 2.22. The van der Waals surface area contributed by atoms with Crippen molar-refractivity contribution in [2.45, 2.75) is 38.6 Å². The Morgan fingerprint density at radius 2 is 2.29 bits per heavy atom. The highest BCUT2D eigenvalue weighted by Gasteiger charge is 2.16. The lowest BCUT2D eigenvalue weighted by molar-refractivity contribution is -0.143. The van der Waals surface area contributed by atoms with Crippen LogP contribution in [0.3, 0.4) is 0 Å². The highest BCUT2D eigenvalue weighted by atomic mass is 16.5. The van der Waals surface area contributed by atoms with E-state index in [1.807, 2.05) is 0 Å². The van der Waals surface area contributed by atoms with E-state index in [0.717, 1.165) is 25.7 Å². The van der Waals surface area contributed by atoms with Crippen molar-refractivity contribution in [3.8, 4) is 12.3 Å². The summed E-state index contributed by atoms with van der Waals surface area (Å²) in [5, 5.41) is 2.97. The van der Waals surface area contributed by atoms with Crippen LogP contribution in [0.25, 0.3) is 0 Å². The average Bonchev–Trinajstić information content (AvgIpc) is 2.22. The highest BCUT2D eigenvalue weighted by Crippen LogP contribution is 2.04. The Morgan fingerprint density at radius 3 is 2.79 bits per heavy atom. The number of hydrogen-bond donors (Lipinski definition) is 1. The lowest BCUT2D eigenvalue weighted by Gasteiger charge is -2.14. The van der Waals surface area contributed by atoms with Crippen LogP contribution in [0.5, 0.6) is 0 Å². The van der Waals surface area contributed by atoms with Gasteiger partial charge in [-0.25, -0.2) is 0 Å². The first kappa shape index (κ1) is 13.0. The third kappa shape index (κ3) is 5.60. The third-order valence-electron chi connectivity index (χ3n) is 2.03. The molecule has 0 aliphatic carbocycles. The Morgan fingerprint density at radius 1 is 1.57 bits per heavy atom. The van der Waals surface area contributed by atoms with Crippen molar-refractivity contribution < 1.29 is 9.53 Å². The second-order valence-electron chi connectivity index (χ2n) is 3.16. The van der Waals surface area contributed by atoms with Gasteiger partial charge in [-0.3, -0.25) is 10.1 Å². The van der Waals surface area contributed by atoms with E-state index in [1.54, 1.807) is 0 Å². The second kappa shape index (κ2) is 8.58. The van der Waals surface area contributed by atoms with Gasteiger partial charge in [0.2, 0.25) is 0 Å². The van der Waals surface area contributed by atoms with Gasteiger partial charge in [0.05, 0.1) is 13.7 Å². The van der Waals surface area contributed by atoms with E-state index in [0.29, 0.717) is 6.54 Å². The molecule has 0 aliphatic heterocycles. The quantitative estimate of drug-likeness (QED) is 0.380. The standard InChI is InChI=1S/C11H19NO2/c1-4-6-7-8-10(11(13)14-3)12-9-5-2/h2,10,12H,4,6-9H2,1,3H3. The maximum absolute atomic E-state index is 11.3. The van der Waals surface area contributed by atoms with Crippen LogP contribution >= 0.6 is 0 Å². The molecule has 0 radical (unpaired) electrons. The fraction of sp³-hybridized carbons (Fsp3) is 0.727. The minimum atomic E-state index is -0.248. The number of nitrogens with one attached hydrogen (secondary N) is 1. The molecular formula is C11H19NO2. The Hall–Kier alpha value is -1.01. The minimum absolute atomic E-state index is 0.226. The molecule has 0 heterocycles. The summed E-state index contributed by atoms with van der Waals surface area (Å²) in [4.78, 5) is 11.3. The smallest absolute Gasteiger partial charge is 0.322 e. The zero-order valence-corrected chi connectivity index (χ0v) is 9.01. The Bertz CT molecular complexity index is 196. The summed E-state index contributed by atoms with van der Waals surface area (Å²) < 4.78 is 4.67. The summed E-state index contributed by atoms with van der Waals surface area (Å²) in [6.45, 7) is 2.54. The number of methoxy groups -OCH3 is 1. The summed E-state index contributed by atoms with van der Waals surface area (Å²) in [6.07, 6.45) is 9.20. The number of hydrogen-bond acceptors (Lipinski definition) is 3. The maximum atomic E-state index is 11.3. The lowest BCUT2D eigenvalue weighted by Crippen LogP contribution is -2.37. The van der Waals surface area contributed by atoms with Gasteiger partial charge in [-0.1, -0.05) is 32.1 Å². The fourth-order valence-electron chi connectivity index (χ4n) is 1.23. The summed E-state index contributed by atoms with van der Waals surface area (Å²) in [6, 6.07) is -0.248. The van der Waals surface area contributed by atoms with Crippen molar-refractivity contribution in [3.05, 3.63) is 0 Å². The Balaban J connectivity index is 3.85. The van der Waals surface area contributed by atoms with Crippen LogP contribution < -0.4 is 5.32 Å². The SMILES string of the molecule is C#CCNC(CCCCC)C(=O)OC. The third-order valence-corrected chi connectivity index (χ3v) is 2.03. The average molecular weight is 197 g/mol. The van der Waals surface area contributed by atoms with Crippen molar-refractivity contribution >= 4 is 5.97 Å². The number of carbonyl (C=O) groups excluding carboxylic acids is 1. The largest absolute Gasteiger partial charge is 0.468 e. The molecular weight excluding hydrogens is 178 g/mol. The fourth-order valence-corrected chi connectivity index (χ4v) is 1.23. The number of ether oxygens (including phenoxy) is 1. The zero-order valence-electron chi connectivity index (χ0n) is 9.01. The number of carbonyl (C=O) groups is 1. The molecule has 0 aromatic heterocycles. The maximum Gasteiger partial charge on any atom is 0.322 e. The molecule has 80 valence electrons. The molecule has 0 saturated heterocycles. The van der Waals surface area contributed by atoms with E-state index >= 15 is 0 Å². The van der Waals surface area contributed by atoms with Crippen molar-refractivity contribution in [2.24, 2.45) is 0 Å². The number of esters is 1. The normalized spacial score (nSPS) is 11.8. The summed E-state index contributed by atoms with van der Waals surface area (Å²) >= 11 is 0. The van der Waals surface area contributed by atoms with Gasteiger partial charge in [-0.15, -0.1) is 6.42 Å². The zero-order chi connectivity index (χ0) is 10.8. The number of terminal acetylenes is 1. The van der Waals surface area contributed by atoms with E-state index < -0.39 is 0 Å². The molecule has 1 atom stereocenters. The molecule has 1 unspecified atom stereocenters. The molecule has 0 amide bonds. The number of rotatable bonds is 7.